The van der Waals surface area contributed by atoms with E-state index in [1.54, 1.807) is 24.3 Å². The van der Waals surface area contributed by atoms with Gasteiger partial charge in [0, 0.05) is 13.5 Å². The van der Waals surface area contributed by atoms with Gasteiger partial charge < -0.3 is 0 Å². The number of amides is 1. The zero-order chi connectivity index (χ0) is 10.6. The molecule has 0 fully saturated rings. The average molecular weight is 211 g/mol. The van der Waals surface area contributed by atoms with E-state index in [0.717, 1.165) is 0 Å². The lowest BCUT2D eigenvalue weighted by molar-refractivity contribution is -0.116. The molecular weight excluding hydrogens is 200 g/mol. The van der Waals surface area contributed by atoms with Crippen molar-refractivity contribution < 1.29 is 4.79 Å². The van der Waals surface area contributed by atoms with Crippen molar-refractivity contribution >= 4 is 23.3 Å². The molecule has 4 heteroatoms. The number of rotatable bonds is 3. The minimum absolute atomic E-state index is 0.0836. The lowest BCUT2D eigenvalue weighted by Gasteiger charge is -2.17. The summed E-state index contributed by atoms with van der Waals surface area (Å²) in [5.74, 6) is 0.463. The summed E-state index contributed by atoms with van der Waals surface area (Å²) in [4.78, 5) is 16.8. The van der Waals surface area contributed by atoms with Crippen LogP contribution in [0, 0.1) is 0 Å². The minimum atomic E-state index is -0.0836. The van der Waals surface area contributed by atoms with Gasteiger partial charge in [-0.2, -0.15) is 0 Å². The molecule has 0 saturated carbocycles. The van der Waals surface area contributed by atoms with Crippen LogP contribution in [0.4, 0.5) is 5.82 Å². The second-order valence-corrected chi connectivity index (χ2v) is 3.12. The predicted molar refractivity (Wildman–Crippen MR) is 57.5 cm³/mol. The molecule has 0 unspecified atom stereocenters. The summed E-state index contributed by atoms with van der Waals surface area (Å²) >= 11 is 5.72. The highest BCUT2D eigenvalue weighted by Gasteiger charge is 2.10. The normalized spacial score (nSPS) is 9.57. The Hall–Kier alpha value is -1.35. The molecule has 1 heterocycles. The van der Waals surface area contributed by atoms with Crippen LogP contribution in [0.2, 0.25) is 5.15 Å². The van der Waals surface area contributed by atoms with E-state index >= 15 is 0 Å². The molecule has 0 aromatic carbocycles. The highest BCUT2D eigenvalue weighted by Crippen LogP contribution is 2.14. The highest BCUT2D eigenvalue weighted by atomic mass is 35.5. The molecule has 3 nitrogen and oxygen atoms in total. The maximum absolute atomic E-state index is 11.2. The van der Waals surface area contributed by atoms with Crippen molar-refractivity contribution in [3.8, 4) is 0 Å². The lowest BCUT2D eigenvalue weighted by atomic mass is 10.4. The van der Waals surface area contributed by atoms with Crippen molar-refractivity contribution in [1.29, 1.82) is 0 Å². The average Bonchev–Trinajstić information content (AvgIpc) is 2.13. The van der Waals surface area contributed by atoms with Crippen LogP contribution in [-0.2, 0) is 4.79 Å². The van der Waals surface area contributed by atoms with Gasteiger partial charge in [0.25, 0.3) is 0 Å². The predicted octanol–water partition coefficient (Wildman–Crippen LogP) is 2.27. The molecule has 0 N–H and O–H groups in total. The van der Waals surface area contributed by atoms with Crippen molar-refractivity contribution in [1.82, 2.24) is 4.98 Å². The van der Waals surface area contributed by atoms with Gasteiger partial charge in [0.15, 0.2) is 0 Å². The van der Waals surface area contributed by atoms with Gasteiger partial charge in [0.05, 0.1) is 0 Å². The first-order valence-corrected chi connectivity index (χ1v) is 4.54. The second-order valence-electron chi connectivity index (χ2n) is 2.74. The number of halogens is 1. The molecular formula is C10H11ClN2O. The van der Waals surface area contributed by atoms with Gasteiger partial charge in [-0.05, 0) is 12.1 Å². The largest absolute Gasteiger partial charge is 0.293 e. The first kappa shape index (κ1) is 10.7. The maximum Gasteiger partial charge on any atom is 0.225 e. The summed E-state index contributed by atoms with van der Waals surface area (Å²) in [6, 6.07) is 5.15. The van der Waals surface area contributed by atoms with Crippen molar-refractivity contribution in [2.45, 2.75) is 6.92 Å². The van der Waals surface area contributed by atoms with Crippen molar-refractivity contribution in [2.24, 2.45) is 0 Å². The van der Waals surface area contributed by atoms with Gasteiger partial charge in [-0.25, -0.2) is 4.98 Å². The van der Waals surface area contributed by atoms with Gasteiger partial charge >= 0.3 is 0 Å². The van der Waals surface area contributed by atoms with Gasteiger partial charge in [-0.3, -0.25) is 9.69 Å². The molecule has 74 valence electrons. The number of anilines is 1. The summed E-state index contributed by atoms with van der Waals surface area (Å²) < 4.78 is 0. The fourth-order valence-electron chi connectivity index (χ4n) is 1.06. The number of carbonyl (C=O) groups is 1. The quantitative estimate of drug-likeness (QED) is 0.567. The lowest BCUT2D eigenvalue weighted by Crippen LogP contribution is -2.29. The van der Waals surface area contributed by atoms with Crippen LogP contribution in [-0.4, -0.2) is 17.4 Å². The minimum Gasteiger partial charge on any atom is -0.293 e. The van der Waals surface area contributed by atoms with Crippen LogP contribution in [0.5, 0.6) is 0 Å². The molecule has 14 heavy (non-hydrogen) atoms. The van der Waals surface area contributed by atoms with Crippen LogP contribution in [0.25, 0.3) is 0 Å². The van der Waals surface area contributed by atoms with Crippen LogP contribution in [0.1, 0.15) is 6.92 Å². The molecule has 0 atom stereocenters. The van der Waals surface area contributed by atoms with Crippen LogP contribution >= 0.6 is 11.6 Å². The molecule has 0 spiro atoms. The molecule has 0 aliphatic rings. The third-order valence-corrected chi connectivity index (χ3v) is 1.88. The SMILES string of the molecule is C=CCN(C(C)=O)c1cccc(Cl)n1. The Kier molecular flexibility index (Phi) is 3.65. The van der Waals surface area contributed by atoms with E-state index in [-0.39, 0.29) is 5.91 Å². The van der Waals surface area contributed by atoms with Gasteiger partial charge in [-0.1, -0.05) is 23.7 Å². The van der Waals surface area contributed by atoms with E-state index in [0.29, 0.717) is 17.5 Å². The van der Waals surface area contributed by atoms with Crippen molar-refractivity contribution in [2.75, 3.05) is 11.4 Å². The molecule has 0 aliphatic carbocycles. The summed E-state index contributed by atoms with van der Waals surface area (Å²) in [6.45, 7) is 5.49. The topological polar surface area (TPSA) is 33.2 Å². The molecule has 1 rings (SSSR count). The number of hydrogen-bond acceptors (Lipinski definition) is 2. The van der Waals surface area contributed by atoms with E-state index in [2.05, 4.69) is 11.6 Å². The Morgan fingerprint density at radius 2 is 2.43 bits per heavy atom. The third-order valence-electron chi connectivity index (χ3n) is 1.67. The second kappa shape index (κ2) is 4.77. The van der Waals surface area contributed by atoms with E-state index in [4.69, 9.17) is 11.6 Å². The summed E-state index contributed by atoms with van der Waals surface area (Å²) in [6.07, 6.45) is 1.64. The first-order valence-electron chi connectivity index (χ1n) is 4.16. The van der Waals surface area contributed by atoms with E-state index in [9.17, 15) is 4.79 Å². The maximum atomic E-state index is 11.2. The zero-order valence-corrected chi connectivity index (χ0v) is 8.66. The van der Waals surface area contributed by atoms with Crippen LogP contribution < -0.4 is 4.90 Å². The van der Waals surface area contributed by atoms with Crippen molar-refractivity contribution in [3.63, 3.8) is 0 Å². The standard InChI is InChI=1S/C10H11ClN2O/c1-3-7-13(8(2)14)10-6-4-5-9(11)12-10/h3-6H,1,7H2,2H3. The van der Waals surface area contributed by atoms with E-state index in [1.807, 2.05) is 0 Å². The Morgan fingerprint density at radius 3 is 2.93 bits per heavy atom. The van der Waals surface area contributed by atoms with Crippen LogP contribution in [0.3, 0.4) is 0 Å². The molecule has 1 aromatic heterocycles. The van der Waals surface area contributed by atoms with E-state index < -0.39 is 0 Å². The molecule has 0 aliphatic heterocycles. The Balaban J connectivity index is 2.98. The van der Waals surface area contributed by atoms with Crippen molar-refractivity contribution in [3.05, 3.63) is 36.0 Å². The smallest absolute Gasteiger partial charge is 0.225 e. The molecule has 0 bridgehead atoms. The third kappa shape index (κ3) is 2.57. The Bertz CT molecular complexity index is 352. The number of nitrogens with zero attached hydrogens (tertiary/aromatic N) is 2. The highest BCUT2D eigenvalue weighted by molar-refractivity contribution is 6.29. The molecule has 0 saturated heterocycles. The molecule has 1 aromatic rings. The number of pyridine rings is 1. The number of carbonyl (C=O) groups excluding carboxylic acids is 1. The monoisotopic (exact) mass is 210 g/mol. The van der Waals surface area contributed by atoms with Gasteiger partial charge in [0.1, 0.15) is 11.0 Å². The van der Waals surface area contributed by atoms with Gasteiger partial charge in [0.2, 0.25) is 5.91 Å². The summed E-state index contributed by atoms with van der Waals surface area (Å²) in [5.41, 5.74) is 0. The summed E-state index contributed by atoms with van der Waals surface area (Å²) in [7, 11) is 0. The zero-order valence-electron chi connectivity index (χ0n) is 7.90. The summed E-state index contributed by atoms with van der Waals surface area (Å²) in [5, 5.41) is 0.373. The van der Waals surface area contributed by atoms with Crippen LogP contribution in [0.15, 0.2) is 30.9 Å². The van der Waals surface area contributed by atoms with E-state index in [1.165, 1.54) is 11.8 Å². The van der Waals surface area contributed by atoms with Gasteiger partial charge in [-0.15, -0.1) is 6.58 Å². The fourth-order valence-corrected chi connectivity index (χ4v) is 1.22. The Morgan fingerprint density at radius 1 is 1.71 bits per heavy atom. The number of aromatic nitrogens is 1. The number of hydrogen-bond donors (Lipinski definition) is 0. The fraction of sp³-hybridized carbons (Fsp3) is 0.200. The Labute approximate surface area is 88.0 Å². The molecule has 0 radical (unpaired) electrons. The first-order chi connectivity index (χ1) is 6.65. The molecule has 1 amide bonds.